The number of amides is 1. The Morgan fingerprint density at radius 3 is 2.61 bits per heavy atom. The highest BCUT2D eigenvalue weighted by Crippen LogP contribution is 2.25. The van der Waals surface area contributed by atoms with Crippen LogP contribution in [0.25, 0.3) is 22.4 Å². The Labute approximate surface area is 194 Å². The van der Waals surface area contributed by atoms with Gasteiger partial charge in [0.15, 0.2) is 10.8 Å². The molecule has 0 bridgehead atoms. The quantitative estimate of drug-likeness (QED) is 0.380. The fraction of sp³-hybridized carbons (Fsp3) is 0.167. The number of anilines is 1. The molecule has 0 aliphatic rings. The van der Waals surface area contributed by atoms with Crippen LogP contribution in [0.3, 0.4) is 0 Å². The van der Waals surface area contributed by atoms with E-state index >= 15 is 0 Å². The Bertz CT molecular complexity index is 1470. The molecule has 0 fully saturated rings. The zero-order valence-corrected chi connectivity index (χ0v) is 19.3. The Morgan fingerprint density at radius 2 is 1.85 bits per heavy atom. The molecule has 1 amide bonds. The van der Waals surface area contributed by atoms with E-state index in [0.29, 0.717) is 10.8 Å². The monoisotopic (exact) mass is 458 g/mol. The van der Waals surface area contributed by atoms with Crippen molar-refractivity contribution in [1.82, 2.24) is 24.2 Å². The van der Waals surface area contributed by atoms with E-state index in [1.165, 1.54) is 17.3 Å². The van der Waals surface area contributed by atoms with E-state index in [1.807, 2.05) is 79.2 Å². The minimum absolute atomic E-state index is 0.0905. The summed E-state index contributed by atoms with van der Waals surface area (Å²) in [5.41, 5.74) is 6.46. The van der Waals surface area contributed by atoms with Crippen molar-refractivity contribution >= 4 is 34.5 Å². The van der Waals surface area contributed by atoms with Gasteiger partial charge in [0.1, 0.15) is 11.3 Å². The Balaban J connectivity index is 1.35. The molecule has 33 heavy (non-hydrogen) atoms. The number of nitrogens with one attached hydrogen (secondary N) is 1. The standard InChI is InChI=1S/C24H22N6O2S/c1-15-4-7-18(12-16(15)2)25-22(31)14-33-24-27-26-23-21-13-20(28-30(21)11-10-29(23)24)17-5-8-19(32-3)9-6-17/h4-13H,14H2,1-3H3,(H,25,31). The number of hydrogen-bond donors (Lipinski definition) is 1. The van der Waals surface area contributed by atoms with E-state index in [4.69, 9.17) is 4.74 Å². The lowest BCUT2D eigenvalue weighted by Gasteiger charge is -2.07. The minimum atomic E-state index is -0.0905. The van der Waals surface area contributed by atoms with Gasteiger partial charge in [-0.1, -0.05) is 17.8 Å². The van der Waals surface area contributed by atoms with Crippen molar-refractivity contribution in [1.29, 1.82) is 0 Å². The number of carbonyl (C=O) groups is 1. The first-order valence-corrected chi connectivity index (χ1v) is 11.4. The first-order chi connectivity index (χ1) is 16.0. The number of rotatable bonds is 6. The molecule has 9 heteroatoms. The van der Waals surface area contributed by atoms with Gasteiger partial charge in [-0.05, 0) is 67.4 Å². The second-order valence-electron chi connectivity index (χ2n) is 7.70. The molecular weight excluding hydrogens is 436 g/mol. The lowest BCUT2D eigenvalue weighted by molar-refractivity contribution is -0.113. The number of methoxy groups -OCH3 is 1. The molecule has 5 rings (SSSR count). The average Bonchev–Trinajstić information content (AvgIpc) is 3.44. The van der Waals surface area contributed by atoms with Gasteiger partial charge in [-0.2, -0.15) is 5.10 Å². The van der Waals surface area contributed by atoms with Crippen LogP contribution in [0.15, 0.2) is 66.1 Å². The average molecular weight is 459 g/mol. The van der Waals surface area contributed by atoms with E-state index in [2.05, 4.69) is 20.6 Å². The molecule has 166 valence electrons. The molecule has 0 radical (unpaired) electrons. The van der Waals surface area contributed by atoms with Gasteiger partial charge in [-0.25, -0.2) is 4.52 Å². The maximum Gasteiger partial charge on any atom is 0.234 e. The van der Waals surface area contributed by atoms with E-state index in [-0.39, 0.29) is 11.7 Å². The highest BCUT2D eigenvalue weighted by Gasteiger charge is 2.14. The number of nitrogens with zero attached hydrogens (tertiary/aromatic N) is 5. The zero-order chi connectivity index (χ0) is 22.9. The van der Waals surface area contributed by atoms with Crippen molar-refractivity contribution in [3.05, 3.63) is 72.1 Å². The molecule has 3 aromatic heterocycles. The van der Waals surface area contributed by atoms with Gasteiger partial charge in [0.05, 0.1) is 18.6 Å². The first kappa shape index (κ1) is 21.0. The predicted molar refractivity (Wildman–Crippen MR) is 129 cm³/mol. The zero-order valence-electron chi connectivity index (χ0n) is 18.4. The van der Waals surface area contributed by atoms with Crippen molar-refractivity contribution in [3.8, 4) is 17.0 Å². The highest BCUT2D eigenvalue weighted by atomic mass is 32.2. The van der Waals surface area contributed by atoms with E-state index in [1.54, 1.807) is 11.6 Å². The molecule has 0 aliphatic carbocycles. The summed E-state index contributed by atoms with van der Waals surface area (Å²) in [7, 11) is 1.64. The summed E-state index contributed by atoms with van der Waals surface area (Å²) in [6, 6.07) is 15.6. The molecular formula is C24H22N6O2S. The number of benzene rings is 2. The molecule has 0 spiro atoms. The summed E-state index contributed by atoms with van der Waals surface area (Å²) in [5.74, 6) is 0.938. The van der Waals surface area contributed by atoms with Gasteiger partial charge in [-0.3, -0.25) is 9.20 Å². The highest BCUT2D eigenvalue weighted by molar-refractivity contribution is 7.99. The molecule has 8 nitrogen and oxygen atoms in total. The molecule has 3 heterocycles. The van der Waals surface area contributed by atoms with Crippen LogP contribution in [0.4, 0.5) is 5.69 Å². The van der Waals surface area contributed by atoms with Gasteiger partial charge < -0.3 is 10.1 Å². The van der Waals surface area contributed by atoms with Crippen LogP contribution >= 0.6 is 11.8 Å². The maximum absolute atomic E-state index is 12.4. The second-order valence-corrected chi connectivity index (χ2v) is 8.64. The van der Waals surface area contributed by atoms with Crippen LogP contribution in [0, 0.1) is 13.8 Å². The SMILES string of the molecule is COc1ccc(-c2cc3c4nnc(SCC(=O)Nc5ccc(C)c(C)c5)n4ccn3n2)cc1. The van der Waals surface area contributed by atoms with Gasteiger partial charge in [0, 0.05) is 23.6 Å². The molecule has 0 saturated carbocycles. The summed E-state index contributed by atoms with van der Waals surface area (Å²) in [6.45, 7) is 4.07. The molecule has 0 atom stereocenters. The number of thioether (sulfide) groups is 1. The van der Waals surface area contributed by atoms with Crippen molar-refractivity contribution < 1.29 is 9.53 Å². The van der Waals surface area contributed by atoms with E-state index in [9.17, 15) is 4.79 Å². The maximum atomic E-state index is 12.4. The lowest BCUT2D eigenvalue weighted by Crippen LogP contribution is -2.14. The Kier molecular flexibility index (Phi) is 5.47. The van der Waals surface area contributed by atoms with Crippen LogP contribution in [-0.4, -0.2) is 43.0 Å². The van der Waals surface area contributed by atoms with E-state index in [0.717, 1.165) is 33.8 Å². The summed E-state index contributed by atoms with van der Waals surface area (Å²) >= 11 is 1.34. The lowest BCUT2D eigenvalue weighted by atomic mass is 10.1. The van der Waals surface area contributed by atoms with E-state index < -0.39 is 0 Å². The number of fused-ring (bicyclic) bond motifs is 3. The third kappa shape index (κ3) is 4.14. The fourth-order valence-corrected chi connectivity index (χ4v) is 4.26. The number of carbonyl (C=O) groups excluding carboxylic acids is 1. The normalized spacial score (nSPS) is 11.2. The van der Waals surface area contributed by atoms with Crippen LogP contribution in [-0.2, 0) is 4.79 Å². The Hall–Kier alpha value is -3.85. The summed E-state index contributed by atoms with van der Waals surface area (Å²) in [4.78, 5) is 12.4. The number of aryl methyl sites for hydroxylation is 2. The van der Waals surface area contributed by atoms with Crippen LogP contribution < -0.4 is 10.1 Å². The van der Waals surface area contributed by atoms with Crippen molar-refractivity contribution in [2.75, 3.05) is 18.2 Å². The fourth-order valence-electron chi connectivity index (χ4n) is 3.54. The molecule has 0 unspecified atom stereocenters. The van der Waals surface area contributed by atoms with Crippen molar-refractivity contribution in [3.63, 3.8) is 0 Å². The molecule has 1 N–H and O–H groups in total. The van der Waals surface area contributed by atoms with Gasteiger partial charge >= 0.3 is 0 Å². The minimum Gasteiger partial charge on any atom is -0.497 e. The molecule has 0 aliphatic heterocycles. The molecule has 0 saturated heterocycles. The van der Waals surface area contributed by atoms with Crippen LogP contribution in [0.2, 0.25) is 0 Å². The predicted octanol–water partition coefficient (Wildman–Crippen LogP) is 4.40. The van der Waals surface area contributed by atoms with Crippen molar-refractivity contribution in [2.24, 2.45) is 0 Å². The van der Waals surface area contributed by atoms with Gasteiger partial charge in [-0.15, -0.1) is 10.2 Å². The third-order valence-corrected chi connectivity index (χ3v) is 6.44. The topological polar surface area (TPSA) is 85.8 Å². The molecule has 2 aromatic carbocycles. The van der Waals surface area contributed by atoms with Gasteiger partial charge in [0.25, 0.3) is 0 Å². The number of ether oxygens (including phenoxy) is 1. The van der Waals surface area contributed by atoms with Crippen molar-refractivity contribution in [2.45, 2.75) is 19.0 Å². The summed E-state index contributed by atoms with van der Waals surface area (Å²) in [6.07, 6.45) is 3.72. The van der Waals surface area contributed by atoms with Crippen LogP contribution in [0.5, 0.6) is 5.75 Å². The summed E-state index contributed by atoms with van der Waals surface area (Å²) < 4.78 is 8.89. The molecule has 5 aromatic rings. The van der Waals surface area contributed by atoms with Crippen LogP contribution in [0.1, 0.15) is 11.1 Å². The summed E-state index contributed by atoms with van der Waals surface area (Å²) in [5, 5.41) is 16.9. The largest absolute Gasteiger partial charge is 0.497 e. The van der Waals surface area contributed by atoms with Gasteiger partial charge in [0.2, 0.25) is 5.91 Å². The second kappa shape index (κ2) is 8.59. The smallest absolute Gasteiger partial charge is 0.234 e. The third-order valence-electron chi connectivity index (χ3n) is 5.50. The number of aromatic nitrogens is 5. The Morgan fingerprint density at radius 1 is 1.03 bits per heavy atom. The number of hydrogen-bond acceptors (Lipinski definition) is 6. The first-order valence-electron chi connectivity index (χ1n) is 10.4.